The monoisotopic (exact) mass is 236 g/mol. The molecule has 0 spiro atoms. The van der Waals surface area contributed by atoms with Gasteiger partial charge in [-0.15, -0.1) is 0 Å². The van der Waals surface area contributed by atoms with Crippen LogP contribution in [0.15, 0.2) is 18.2 Å². The summed E-state index contributed by atoms with van der Waals surface area (Å²) in [7, 11) is 1.96. The zero-order valence-corrected chi connectivity index (χ0v) is 11.2. The topological polar surface area (TPSA) is 35.5 Å². The molecular weight excluding hydrogens is 212 g/mol. The summed E-state index contributed by atoms with van der Waals surface area (Å²) in [4.78, 5) is 2.31. The number of hydrogen-bond acceptors (Lipinski definition) is 3. The summed E-state index contributed by atoms with van der Waals surface area (Å²) in [6.45, 7) is 7.36. The normalized spacial score (nSPS) is 10.6. The van der Waals surface area contributed by atoms with Crippen LogP contribution in [-0.2, 0) is 6.54 Å². The number of nitrogens with zero attached hydrogens (tertiary/aromatic N) is 1. The molecule has 3 nitrogen and oxygen atoms in total. The second kappa shape index (κ2) is 7.30. The molecule has 1 rings (SSSR count). The summed E-state index contributed by atoms with van der Waals surface area (Å²) in [5.74, 6) is 0. The Hall–Kier alpha value is -1.06. The molecule has 0 saturated heterocycles. The van der Waals surface area contributed by atoms with Gasteiger partial charge in [0.15, 0.2) is 0 Å². The van der Waals surface area contributed by atoms with Crippen molar-refractivity contribution in [3.05, 3.63) is 29.3 Å². The molecule has 0 aliphatic rings. The highest BCUT2D eigenvalue weighted by Crippen LogP contribution is 2.21. The van der Waals surface area contributed by atoms with Crippen LogP contribution in [0.1, 0.15) is 24.5 Å². The Balaban J connectivity index is 2.81. The zero-order valence-electron chi connectivity index (χ0n) is 11.2. The number of aryl methyl sites for hydroxylation is 1. The molecule has 0 aliphatic carbocycles. The van der Waals surface area contributed by atoms with Gasteiger partial charge in [-0.2, -0.15) is 0 Å². The van der Waals surface area contributed by atoms with Gasteiger partial charge in [-0.1, -0.05) is 12.1 Å². The third kappa shape index (κ3) is 4.02. The van der Waals surface area contributed by atoms with E-state index in [1.165, 1.54) is 16.8 Å². The molecule has 17 heavy (non-hydrogen) atoms. The Labute approximate surface area is 104 Å². The Bertz CT molecular complexity index is 339. The first-order valence-electron chi connectivity index (χ1n) is 6.32. The van der Waals surface area contributed by atoms with Gasteiger partial charge in [-0.05, 0) is 44.5 Å². The minimum atomic E-state index is 0.257. The summed E-state index contributed by atoms with van der Waals surface area (Å²) < 4.78 is 0. The van der Waals surface area contributed by atoms with Gasteiger partial charge < -0.3 is 15.3 Å². The first-order chi connectivity index (χ1) is 8.22. The van der Waals surface area contributed by atoms with Crippen LogP contribution in [0, 0.1) is 6.92 Å². The van der Waals surface area contributed by atoms with Gasteiger partial charge in [0, 0.05) is 31.9 Å². The number of hydrogen-bond donors (Lipinski definition) is 2. The predicted octanol–water partition coefficient (Wildman–Crippen LogP) is 1.92. The number of aliphatic hydroxyl groups excluding tert-OH is 1. The van der Waals surface area contributed by atoms with Crippen molar-refractivity contribution < 1.29 is 5.11 Å². The first kappa shape index (κ1) is 14.0. The van der Waals surface area contributed by atoms with Gasteiger partial charge >= 0.3 is 0 Å². The molecule has 0 heterocycles. The lowest BCUT2D eigenvalue weighted by molar-refractivity contribution is 0.289. The summed E-state index contributed by atoms with van der Waals surface area (Å²) in [6.07, 6.45) is 0.825. The van der Waals surface area contributed by atoms with Crippen molar-refractivity contribution in [1.82, 2.24) is 5.32 Å². The van der Waals surface area contributed by atoms with Gasteiger partial charge in [0.05, 0.1) is 0 Å². The van der Waals surface area contributed by atoms with Crippen LogP contribution < -0.4 is 10.2 Å². The van der Waals surface area contributed by atoms with E-state index in [1.54, 1.807) is 0 Å². The van der Waals surface area contributed by atoms with Crippen molar-refractivity contribution in [2.75, 3.05) is 31.6 Å². The van der Waals surface area contributed by atoms with Crippen molar-refractivity contribution in [3.8, 4) is 0 Å². The van der Waals surface area contributed by atoms with Crippen LogP contribution in [0.2, 0.25) is 0 Å². The van der Waals surface area contributed by atoms with Crippen LogP contribution in [0.3, 0.4) is 0 Å². The minimum Gasteiger partial charge on any atom is -0.396 e. The summed E-state index contributed by atoms with van der Waals surface area (Å²) in [5, 5.41) is 12.1. The van der Waals surface area contributed by atoms with E-state index in [0.29, 0.717) is 0 Å². The van der Waals surface area contributed by atoms with Crippen molar-refractivity contribution in [2.24, 2.45) is 0 Å². The van der Waals surface area contributed by atoms with E-state index in [1.807, 2.05) is 7.05 Å². The fourth-order valence-corrected chi connectivity index (χ4v) is 2.10. The molecule has 96 valence electrons. The van der Waals surface area contributed by atoms with E-state index in [4.69, 9.17) is 5.11 Å². The number of rotatable bonds is 7. The van der Waals surface area contributed by atoms with Crippen LogP contribution in [-0.4, -0.2) is 31.9 Å². The average Bonchev–Trinajstić information content (AvgIpc) is 2.32. The highest BCUT2D eigenvalue weighted by atomic mass is 16.3. The molecule has 0 saturated carbocycles. The van der Waals surface area contributed by atoms with E-state index in [-0.39, 0.29) is 6.61 Å². The van der Waals surface area contributed by atoms with Crippen LogP contribution in [0.5, 0.6) is 0 Å². The maximum atomic E-state index is 8.91. The highest BCUT2D eigenvalue weighted by Gasteiger charge is 2.07. The molecule has 0 bridgehead atoms. The highest BCUT2D eigenvalue weighted by molar-refractivity contribution is 5.54. The summed E-state index contributed by atoms with van der Waals surface area (Å²) >= 11 is 0. The molecule has 1 aromatic rings. The summed E-state index contributed by atoms with van der Waals surface area (Å²) in [5.41, 5.74) is 3.89. The van der Waals surface area contributed by atoms with Gasteiger partial charge in [0.25, 0.3) is 0 Å². The molecule has 0 fully saturated rings. The zero-order chi connectivity index (χ0) is 12.7. The van der Waals surface area contributed by atoms with E-state index in [0.717, 1.165) is 26.1 Å². The quantitative estimate of drug-likeness (QED) is 0.759. The van der Waals surface area contributed by atoms with Gasteiger partial charge in [-0.25, -0.2) is 0 Å². The molecule has 1 aromatic carbocycles. The van der Waals surface area contributed by atoms with Crippen LogP contribution >= 0.6 is 0 Å². The van der Waals surface area contributed by atoms with Crippen molar-refractivity contribution in [3.63, 3.8) is 0 Å². The second-order valence-electron chi connectivity index (χ2n) is 4.31. The number of benzene rings is 1. The fourth-order valence-electron chi connectivity index (χ4n) is 2.10. The molecule has 0 atom stereocenters. The van der Waals surface area contributed by atoms with E-state index >= 15 is 0 Å². The third-order valence-corrected chi connectivity index (χ3v) is 2.95. The molecule has 3 heteroatoms. The van der Waals surface area contributed by atoms with Gasteiger partial charge in [0.1, 0.15) is 0 Å². The number of anilines is 1. The Morgan fingerprint density at radius 1 is 1.35 bits per heavy atom. The molecular formula is C14H24N2O. The van der Waals surface area contributed by atoms with E-state index in [9.17, 15) is 0 Å². The molecule has 0 unspecified atom stereocenters. The smallest absolute Gasteiger partial charge is 0.0447 e. The molecule has 0 aromatic heterocycles. The van der Waals surface area contributed by atoms with Gasteiger partial charge in [0.2, 0.25) is 0 Å². The minimum absolute atomic E-state index is 0.257. The maximum absolute atomic E-state index is 8.91. The fraction of sp³-hybridized carbons (Fsp3) is 0.571. The standard InChI is InChI=1S/C14H24N2O/c1-4-16(8-5-9-17)14-7-6-13(11-15-3)10-12(14)2/h6-7,10,15,17H,4-5,8-9,11H2,1-3H3. The lowest BCUT2D eigenvalue weighted by Gasteiger charge is -2.25. The third-order valence-electron chi connectivity index (χ3n) is 2.95. The largest absolute Gasteiger partial charge is 0.396 e. The maximum Gasteiger partial charge on any atom is 0.0447 e. The number of nitrogens with one attached hydrogen (secondary N) is 1. The Morgan fingerprint density at radius 2 is 2.12 bits per heavy atom. The Kier molecular flexibility index (Phi) is 6.01. The summed E-state index contributed by atoms with van der Waals surface area (Å²) in [6, 6.07) is 6.58. The molecule has 0 radical (unpaired) electrons. The van der Waals surface area contributed by atoms with Crippen molar-refractivity contribution >= 4 is 5.69 Å². The average molecular weight is 236 g/mol. The van der Waals surface area contributed by atoms with E-state index in [2.05, 4.69) is 42.3 Å². The van der Waals surface area contributed by atoms with E-state index < -0.39 is 0 Å². The molecule has 0 aliphatic heterocycles. The SMILES string of the molecule is CCN(CCCO)c1ccc(CNC)cc1C. The van der Waals surface area contributed by atoms with Crippen molar-refractivity contribution in [1.29, 1.82) is 0 Å². The second-order valence-corrected chi connectivity index (χ2v) is 4.31. The number of aliphatic hydroxyl groups is 1. The Morgan fingerprint density at radius 3 is 2.65 bits per heavy atom. The lowest BCUT2D eigenvalue weighted by atomic mass is 10.1. The molecule has 0 amide bonds. The van der Waals surface area contributed by atoms with Crippen LogP contribution in [0.4, 0.5) is 5.69 Å². The van der Waals surface area contributed by atoms with Crippen molar-refractivity contribution in [2.45, 2.75) is 26.8 Å². The van der Waals surface area contributed by atoms with Gasteiger partial charge in [-0.3, -0.25) is 0 Å². The lowest BCUT2D eigenvalue weighted by Crippen LogP contribution is -2.25. The molecule has 2 N–H and O–H groups in total. The first-order valence-corrected chi connectivity index (χ1v) is 6.32. The predicted molar refractivity (Wildman–Crippen MR) is 73.5 cm³/mol. The van der Waals surface area contributed by atoms with Crippen LogP contribution in [0.25, 0.3) is 0 Å².